The maximum absolute atomic E-state index is 13.9. The van der Waals surface area contributed by atoms with Gasteiger partial charge in [0.2, 0.25) is 0 Å². The van der Waals surface area contributed by atoms with Gasteiger partial charge in [-0.1, -0.05) is 0 Å². The lowest BCUT2D eigenvalue weighted by atomic mass is 9.83. The SMILES string of the molecule is Cl.O=c1cc(-c2ncccc2F)cc2n1C[C@@H]1CNC[C@H]2C1. The van der Waals surface area contributed by atoms with Gasteiger partial charge in [-0.2, -0.15) is 0 Å². The Kier molecular flexibility index (Phi) is 4.02. The van der Waals surface area contributed by atoms with E-state index in [1.165, 1.54) is 12.1 Å². The third-order valence-electron chi connectivity index (χ3n) is 4.49. The Bertz CT molecular complexity index is 761. The third kappa shape index (κ3) is 2.44. The molecule has 2 aromatic rings. The van der Waals surface area contributed by atoms with E-state index in [1.807, 2.05) is 10.6 Å². The summed E-state index contributed by atoms with van der Waals surface area (Å²) in [6, 6.07) is 6.36. The van der Waals surface area contributed by atoms with Gasteiger partial charge >= 0.3 is 0 Å². The molecule has 6 heteroatoms. The first-order chi connectivity index (χ1) is 10.2. The molecule has 2 aliphatic rings. The molecule has 1 N–H and O–H groups in total. The van der Waals surface area contributed by atoms with Gasteiger partial charge in [-0.25, -0.2) is 4.39 Å². The van der Waals surface area contributed by atoms with Crippen molar-refractivity contribution in [2.75, 3.05) is 13.1 Å². The molecule has 1 fully saturated rings. The predicted molar refractivity (Wildman–Crippen MR) is 84.9 cm³/mol. The van der Waals surface area contributed by atoms with Crippen LogP contribution in [0.15, 0.2) is 35.3 Å². The zero-order valence-corrected chi connectivity index (χ0v) is 12.8. The highest BCUT2D eigenvalue weighted by atomic mass is 35.5. The summed E-state index contributed by atoms with van der Waals surface area (Å²) in [5.74, 6) is 0.459. The van der Waals surface area contributed by atoms with Crippen LogP contribution in [0.1, 0.15) is 18.0 Å². The van der Waals surface area contributed by atoms with E-state index in [2.05, 4.69) is 10.3 Å². The number of hydrogen-bond acceptors (Lipinski definition) is 3. The molecule has 2 aromatic heterocycles. The summed E-state index contributed by atoms with van der Waals surface area (Å²) < 4.78 is 15.8. The van der Waals surface area contributed by atoms with Crippen LogP contribution >= 0.6 is 12.4 Å². The number of pyridine rings is 2. The van der Waals surface area contributed by atoms with Gasteiger partial charge in [0.1, 0.15) is 11.5 Å². The summed E-state index contributed by atoms with van der Waals surface area (Å²) in [6.45, 7) is 2.60. The lowest BCUT2D eigenvalue weighted by molar-refractivity contribution is 0.257. The monoisotopic (exact) mass is 321 g/mol. The Balaban J connectivity index is 0.00000144. The van der Waals surface area contributed by atoms with Gasteiger partial charge in [-0.3, -0.25) is 9.78 Å². The normalized spacial score (nSPS) is 22.6. The number of halogens is 2. The Morgan fingerprint density at radius 1 is 1.32 bits per heavy atom. The first-order valence-electron chi connectivity index (χ1n) is 7.29. The van der Waals surface area contributed by atoms with Crippen LogP contribution in [0.5, 0.6) is 0 Å². The van der Waals surface area contributed by atoms with Gasteiger partial charge in [-0.05, 0) is 37.1 Å². The second kappa shape index (κ2) is 5.82. The highest BCUT2D eigenvalue weighted by Crippen LogP contribution is 2.33. The van der Waals surface area contributed by atoms with Crippen LogP contribution in [-0.2, 0) is 6.54 Å². The van der Waals surface area contributed by atoms with Gasteiger partial charge in [0, 0.05) is 42.5 Å². The topological polar surface area (TPSA) is 46.9 Å². The maximum Gasteiger partial charge on any atom is 0.251 e. The third-order valence-corrected chi connectivity index (χ3v) is 4.49. The van der Waals surface area contributed by atoms with Crippen LogP contribution in [0, 0.1) is 11.7 Å². The Morgan fingerprint density at radius 2 is 2.18 bits per heavy atom. The molecular weight excluding hydrogens is 305 g/mol. The fraction of sp³-hybridized carbons (Fsp3) is 0.375. The highest BCUT2D eigenvalue weighted by molar-refractivity contribution is 5.85. The number of rotatable bonds is 1. The summed E-state index contributed by atoms with van der Waals surface area (Å²) in [4.78, 5) is 16.5. The first-order valence-corrected chi connectivity index (χ1v) is 7.29. The van der Waals surface area contributed by atoms with E-state index >= 15 is 0 Å². The van der Waals surface area contributed by atoms with Gasteiger partial charge in [-0.15, -0.1) is 12.4 Å². The molecular formula is C16H17ClFN3O. The van der Waals surface area contributed by atoms with Gasteiger partial charge in [0.05, 0.1) is 0 Å². The van der Waals surface area contributed by atoms with Crippen molar-refractivity contribution in [2.45, 2.75) is 18.9 Å². The second-order valence-electron chi connectivity index (χ2n) is 5.91. The lowest BCUT2D eigenvalue weighted by Gasteiger charge is -2.37. The van der Waals surface area contributed by atoms with Crippen molar-refractivity contribution in [1.29, 1.82) is 0 Å². The van der Waals surface area contributed by atoms with Crippen LogP contribution in [0.3, 0.4) is 0 Å². The smallest absolute Gasteiger partial charge is 0.251 e. The van der Waals surface area contributed by atoms with Crippen molar-refractivity contribution >= 4 is 12.4 Å². The van der Waals surface area contributed by atoms with E-state index in [0.717, 1.165) is 31.7 Å². The zero-order chi connectivity index (χ0) is 14.4. The molecule has 2 bridgehead atoms. The minimum atomic E-state index is -0.391. The molecule has 2 aliphatic heterocycles. The Labute approximate surface area is 133 Å². The molecule has 4 rings (SSSR count). The molecule has 1 saturated heterocycles. The summed E-state index contributed by atoms with van der Waals surface area (Å²) in [5, 5.41) is 3.41. The molecule has 0 spiro atoms. The number of fused-ring (bicyclic) bond motifs is 4. The molecule has 0 aliphatic carbocycles. The number of aromatic nitrogens is 2. The summed E-state index contributed by atoms with van der Waals surface area (Å²) in [5.41, 5.74) is 1.78. The van der Waals surface area contributed by atoms with E-state index in [9.17, 15) is 9.18 Å². The molecule has 0 amide bonds. The summed E-state index contributed by atoms with van der Waals surface area (Å²) in [7, 11) is 0. The molecule has 0 saturated carbocycles. The minimum Gasteiger partial charge on any atom is -0.316 e. The fourth-order valence-electron chi connectivity index (χ4n) is 3.54. The lowest BCUT2D eigenvalue weighted by Crippen LogP contribution is -2.44. The van der Waals surface area contributed by atoms with Crippen molar-refractivity contribution in [3.05, 3.63) is 52.3 Å². The highest BCUT2D eigenvalue weighted by Gasteiger charge is 2.31. The maximum atomic E-state index is 13.9. The number of nitrogens with zero attached hydrogens (tertiary/aromatic N) is 2. The van der Waals surface area contributed by atoms with Crippen LogP contribution < -0.4 is 10.9 Å². The molecule has 116 valence electrons. The van der Waals surface area contributed by atoms with Crippen LogP contribution in [-0.4, -0.2) is 22.6 Å². The van der Waals surface area contributed by atoms with Crippen molar-refractivity contribution < 1.29 is 4.39 Å². The molecule has 0 aromatic carbocycles. The number of piperidine rings is 1. The minimum absolute atomic E-state index is 0. The summed E-state index contributed by atoms with van der Waals surface area (Å²) in [6.07, 6.45) is 2.65. The quantitative estimate of drug-likeness (QED) is 0.875. The molecule has 0 radical (unpaired) electrons. The average Bonchev–Trinajstić information content (AvgIpc) is 2.49. The first kappa shape index (κ1) is 15.2. The van der Waals surface area contributed by atoms with Crippen LogP contribution in [0.4, 0.5) is 4.39 Å². The molecule has 22 heavy (non-hydrogen) atoms. The average molecular weight is 322 g/mol. The summed E-state index contributed by atoms with van der Waals surface area (Å²) >= 11 is 0. The zero-order valence-electron chi connectivity index (χ0n) is 12.0. The van der Waals surface area contributed by atoms with Crippen molar-refractivity contribution in [3.8, 4) is 11.3 Å². The van der Waals surface area contributed by atoms with Crippen molar-refractivity contribution in [3.63, 3.8) is 0 Å². The van der Waals surface area contributed by atoms with E-state index in [4.69, 9.17) is 0 Å². The fourth-order valence-corrected chi connectivity index (χ4v) is 3.54. The van der Waals surface area contributed by atoms with Crippen LogP contribution in [0.2, 0.25) is 0 Å². The van der Waals surface area contributed by atoms with E-state index in [1.54, 1.807) is 12.3 Å². The molecule has 2 atom stereocenters. The van der Waals surface area contributed by atoms with Crippen LogP contribution in [0.25, 0.3) is 11.3 Å². The van der Waals surface area contributed by atoms with E-state index in [0.29, 0.717) is 17.4 Å². The molecule has 0 unspecified atom stereocenters. The van der Waals surface area contributed by atoms with Crippen molar-refractivity contribution in [1.82, 2.24) is 14.9 Å². The number of hydrogen-bond donors (Lipinski definition) is 1. The second-order valence-corrected chi connectivity index (χ2v) is 5.91. The Hall–Kier alpha value is -1.72. The van der Waals surface area contributed by atoms with Crippen molar-refractivity contribution in [2.24, 2.45) is 5.92 Å². The number of nitrogens with one attached hydrogen (secondary N) is 1. The molecule has 4 heterocycles. The van der Waals surface area contributed by atoms with Gasteiger partial charge in [0.15, 0.2) is 0 Å². The standard InChI is InChI=1S/C16H16FN3O.ClH/c17-13-2-1-3-19-16(13)11-5-14-12-4-10(7-18-8-12)9-20(14)15(21)6-11;/h1-3,5-6,10,12,18H,4,7-9H2;1H/t10-,12+;/m0./s1. The molecule has 4 nitrogen and oxygen atoms in total. The van der Waals surface area contributed by atoms with Gasteiger partial charge in [0.25, 0.3) is 5.56 Å². The largest absolute Gasteiger partial charge is 0.316 e. The van der Waals surface area contributed by atoms with E-state index < -0.39 is 5.82 Å². The Morgan fingerprint density at radius 3 is 3.00 bits per heavy atom. The van der Waals surface area contributed by atoms with Gasteiger partial charge < -0.3 is 9.88 Å². The predicted octanol–water partition coefficient (Wildman–Crippen LogP) is 2.18. The van der Waals surface area contributed by atoms with E-state index in [-0.39, 0.29) is 23.7 Å².